The minimum atomic E-state index is -3.94. The Labute approximate surface area is 249 Å². The molecule has 0 bridgehead atoms. The summed E-state index contributed by atoms with van der Waals surface area (Å²) in [4.78, 5) is 13.3. The number of amides is 1. The lowest BCUT2D eigenvalue weighted by molar-refractivity contribution is -0.152. The van der Waals surface area contributed by atoms with Gasteiger partial charge in [-0.3, -0.25) is 0 Å². The van der Waals surface area contributed by atoms with Gasteiger partial charge in [-0.2, -0.15) is 4.31 Å². The van der Waals surface area contributed by atoms with Crippen molar-refractivity contribution in [2.45, 2.75) is 69.5 Å². The number of aliphatic hydroxyl groups excluding tert-OH is 1. The number of alkyl carbamates (subject to hydrolysis) is 1. The van der Waals surface area contributed by atoms with E-state index in [4.69, 9.17) is 18.9 Å². The van der Waals surface area contributed by atoms with E-state index in [2.05, 4.69) is 5.32 Å². The van der Waals surface area contributed by atoms with E-state index < -0.39 is 34.4 Å². The molecule has 42 heavy (non-hydrogen) atoms. The number of benzene rings is 2. The predicted molar refractivity (Wildman–Crippen MR) is 158 cm³/mol. The predicted octanol–water partition coefficient (Wildman–Crippen LogP) is 3.83. The molecule has 6 atom stereocenters. The van der Waals surface area contributed by atoms with Gasteiger partial charge in [0.15, 0.2) is 6.29 Å². The van der Waals surface area contributed by atoms with E-state index in [1.165, 1.54) is 23.5 Å². The molecule has 2 aromatic carbocycles. The van der Waals surface area contributed by atoms with Gasteiger partial charge in [0.05, 0.1) is 30.8 Å². The molecule has 2 aliphatic rings. The monoisotopic (exact) mass is 604 g/mol. The number of hydrogen-bond donors (Lipinski definition) is 2. The molecule has 0 aromatic heterocycles. The lowest BCUT2D eigenvalue weighted by Crippen LogP contribution is -2.51. The van der Waals surface area contributed by atoms with Crippen molar-refractivity contribution in [1.82, 2.24) is 9.62 Å². The molecule has 2 saturated heterocycles. The van der Waals surface area contributed by atoms with Gasteiger partial charge in [0.1, 0.15) is 11.9 Å². The molecule has 4 rings (SSSR count). The van der Waals surface area contributed by atoms with E-state index in [0.29, 0.717) is 19.0 Å². The Morgan fingerprint density at radius 3 is 2.45 bits per heavy atom. The summed E-state index contributed by atoms with van der Waals surface area (Å²) in [5.74, 6) is 0.715. The lowest BCUT2D eigenvalue weighted by atomic mass is 9.86. The second kappa shape index (κ2) is 14.7. The molecule has 0 spiro atoms. The third-order valence-electron chi connectivity index (χ3n) is 7.94. The zero-order valence-corrected chi connectivity index (χ0v) is 25.7. The normalized spacial score (nSPS) is 22.8. The Hall–Kier alpha value is -2.70. The number of nitrogens with zero attached hydrogens (tertiary/aromatic N) is 1. The highest BCUT2D eigenvalue weighted by Gasteiger charge is 2.43. The maximum Gasteiger partial charge on any atom is 0.407 e. The van der Waals surface area contributed by atoms with Crippen molar-refractivity contribution in [2.24, 2.45) is 17.8 Å². The number of aliphatic hydroxyl groups is 1. The van der Waals surface area contributed by atoms with Gasteiger partial charge in [-0.05, 0) is 61.9 Å². The summed E-state index contributed by atoms with van der Waals surface area (Å²) in [6.45, 7) is 6.78. The first kappa shape index (κ1) is 32.2. The highest BCUT2D eigenvalue weighted by molar-refractivity contribution is 7.89. The Balaban J connectivity index is 1.49. The Morgan fingerprint density at radius 2 is 1.79 bits per heavy atom. The molecule has 2 fully saturated rings. The minimum Gasteiger partial charge on any atom is -0.497 e. The molecule has 1 amide bonds. The third kappa shape index (κ3) is 8.23. The fraction of sp³-hybridized carbons (Fsp3) is 0.581. The number of sulfonamides is 1. The number of fused-ring (bicyclic) bond motifs is 1. The molecular weight excluding hydrogens is 560 g/mol. The molecule has 0 radical (unpaired) electrons. The Bertz CT molecular complexity index is 1240. The number of nitrogens with one attached hydrogen (secondary N) is 1. The van der Waals surface area contributed by atoms with Crippen LogP contribution in [0.4, 0.5) is 4.79 Å². The molecule has 10 nitrogen and oxygen atoms in total. The number of carbonyl (C=O) groups is 1. The van der Waals surface area contributed by atoms with Crippen LogP contribution < -0.4 is 10.1 Å². The van der Waals surface area contributed by atoms with E-state index in [9.17, 15) is 18.3 Å². The zero-order valence-electron chi connectivity index (χ0n) is 24.8. The summed E-state index contributed by atoms with van der Waals surface area (Å²) >= 11 is 0. The van der Waals surface area contributed by atoms with Crippen molar-refractivity contribution in [1.29, 1.82) is 0 Å². The number of hydrogen-bond acceptors (Lipinski definition) is 8. The van der Waals surface area contributed by atoms with Crippen LogP contribution in [0.5, 0.6) is 5.75 Å². The van der Waals surface area contributed by atoms with E-state index in [1.54, 1.807) is 12.1 Å². The van der Waals surface area contributed by atoms with Crippen LogP contribution in [0.1, 0.15) is 39.2 Å². The molecule has 2 N–H and O–H groups in total. The molecule has 0 saturated carbocycles. The molecule has 11 heteroatoms. The molecular formula is C31H44N2O8S. The quantitative estimate of drug-likeness (QED) is 0.354. The van der Waals surface area contributed by atoms with E-state index in [-0.39, 0.29) is 48.4 Å². The smallest absolute Gasteiger partial charge is 0.407 e. The van der Waals surface area contributed by atoms with Gasteiger partial charge in [0, 0.05) is 31.5 Å². The van der Waals surface area contributed by atoms with Crippen molar-refractivity contribution in [3.05, 3.63) is 60.2 Å². The SMILES string of the molecule is COc1ccc(S(=O)(=O)N(CC(C)C)C[C@@H](O)[C@H](Cc2ccccc2)NC(=O)O[C@H](C)[C@H]2CO[C@H]3OCCC[C@H]32)cc1. The van der Waals surface area contributed by atoms with Gasteiger partial charge < -0.3 is 29.4 Å². The number of carbonyl (C=O) groups excluding carboxylic acids is 1. The average molecular weight is 605 g/mol. The van der Waals surface area contributed by atoms with Crippen LogP contribution in [0.3, 0.4) is 0 Å². The van der Waals surface area contributed by atoms with Crippen LogP contribution in [0.15, 0.2) is 59.5 Å². The number of ether oxygens (including phenoxy) is 4. The molecule has 2 aliphatic heterocycles. The highest BCUT2D eigenvalue weighted by Crippen LogP contribution is 2.37. The molecule has 2 aromatic rings. The minimum absolute atomic E-state index is 0.00204. The van der Waals surface area contributed by atoms with E-state index in [0.717, 1.165) is 18.4 Å². The van der Waals surface area contributed by atoms with Crippen LogP contribution in [-0.4, -0.2) is 81.9 Å². The largest absolute Gasteiger partial charge is 0.497 e. The zero-order chi connectivity index (χ0) is 30.3. The molecule has 0 aliphatic carbocycles. The molecule has 0 unspecified atom stereocenters. The first-order valence-electron chi connectivity index (χ1n) is 14.6. The summed E-state index contributed by atoms with van der Waals surface area (Å²) in [7, 11) is -2.43. The number of rotatable bonds is 13. The maximum atomic E-state index is 13.7. The highest BCUT2D eigenvalue weighted by atomic mass is 32.2. The van der Waals surface area contributed by atoms with E-state index in [1.807, 2.05) is 51.1 Å². The first-order valence-corrected chi connectivity index (χ1v) is 16.1. The van der Waals surface area contributed by atoms with Gasteiger partial charge in [0.2, 0.25) is 10.0 Å². The molecule has 2 heterocycles. The van der Waals surface area contributed by atoms with Crippen molar-refractivity contribution >= 4 is 16.1 Å². The Kier molecular flexibility index (Phi) is 11.2. The third-order valence-corrected chi connectivity index (χ3v) is 9.78. The molecule has 232 valence electrons. The van der Waals surface area contributed by atoms with Crippen LogP contribution in [0.2, 0.25) is 0 Å². The summed E-state index contributed by atoms with van der Waals surface area (Å²) < 4.78 is 51.0. The average Bonchev–Trinajstić information content (AvgIpc) is 3.41. The Morgan fingerprint density at radius 1 is 1.07 bits per heavy atom. The summed E-state index contributed by atoms with van der Waals surface area (Å²) in [5.41, 5.74) is 0.884. The first-order chi connectivity index (χ1) is 20.1. The fourth-order valence-corrected chi connectivity index (χ4v) is 7.30. The van der Waals surface area contributed by atoms with Gasteiger partial charge >= 0.3 is 6.09 Å². The topological polar surface area (TPSA) is 124 Å². The van der Waals surface area contributed by atoms with Crippen molar-refractivity contribution in [3.63, 3.8) is 0 Å². The van der Waals surface area contributed by atoms with Crippen LogP contribution in [0, 0.1) is 17.8 Å². The van der Waals surface area contributed by atoms with Crippen LogP contribution in [-0.2, 0) is 30.7 Å². The summed E-state index contributed by atoms with van der Waals surface area (Å²) in [5, 5.41) is 14.3. The van der Waals surface area contributed by atoms with Gasteiger partial charge in [-0.25, -0.2) is 13.2 Å². The van der Waals surface area contributed by atoms with E-state index >= 15 is 0 Å². The lowest BCUT2D eigenvalue weighted by Gasteiger charge is -2.32. The summed E-state index contributed by atoms with van der Waals surface area (Å²) in [6.07, 6.45) is -0.392. The van der Waals surface area contributed by atoms with Gasteiger partial charge in [-0.1, -0.05) is 44.2 Å². The summed E-state index contributed by atoms with van der Waals surface area (Å²) in [6, 6.07) is 14.8. The van der Waals surface area contributed by atoms with Crippen molar-refractivity contribution in [2.75, 3.05) is 33.4 Å². The second-order valence-electron chi connectivity index (χ2n) is 11.6. The van der Waals surface area contributed by atoms with Crippen molar-refractivity contribution in [3.8, 4) is 5.75 Å². The standard InChI is InChI=1S/C31H44N2O8S/c1-21(2)18-33(42(36,37)25-14-12-24(38-4)13-15-25)19-29(34)28(17-23-9-6-5-7-10-23)32-31(35)41-22(3)27-20-40-30-26(27)11-8-16-39-30/h5-7,9-10,12-15,21-22,26-30,34H,8,11,16-20H2,1-4H3,(H,32,35)/t22-,26+,27-,28+,29-,30-/m1/s1. The van der Waals surface area contributed by atoms with Crippen LogP contribution in [0.25, 0.3) is 0 Å². The maximum absolute atomic E-state index is 13.7. The van der Waals surface area contributed by atoms with Crippen molar-refractivity contribution < 1.29 is 37.3 Å². The fourth-order valence-electron chi connectivity index (χ4n) is 5.68. The van der Waals surface area contributed by atoms with Crippen LogP contribution >= 0.6 is 0 Å². The van der Waals surface area contributed by atoms with Gasteiger partial charge in [-0.15, -0.1) is 0 Å². The second-order valence-corrected chi connectivity index (χ2v) is 13.5. The number of methoxy groups -OCH3 is 1. The van der Waals surface area contributed by atoms with Gasteiger partial charge in [0.25, 0.3) is 0 Å².